The molecule has 9 heteroatoms. The maximum Gasteiger partial charge on any atom is 0.253 e. The van der Waals surface area contributed by atoms with Crippen LogP contribution >= 0.6 is 0 Å². The monoisotopic (exact) mass is 520 g/mol. The van der Waals surface area contributed by atoms with E-state index in [1.807, 2.05) is 42.3 Å². The summed E-state index contributed by atoms with van der Waals surface area (Å²) in [6, 6.07) is 19.8. The molecule has 0 aliphatic carbocycles. The van der Waals surface area contributed by atoms with Crippen molar-refractivity contribution in [2.75, 3.05) is 51.6 Å². The molecule has 2 aliphatic rings. The predicted octanol–water partition coefficient (Wildman–Crippen LogP) is 3.27. The summed E-state index contributed by atoms with van der Waals surface area (Å²) < 4.78 is 27.9. The molecule has 0 aromatic heterocycles. The summed E-state index contributed by atoms with van der Waals surface area (Å²) in [4.78, 5) is 29.9. The summed E-state index contributed by atoms with van der Waals surface area (Å²) in [5, 5.41) is 4.81. The van der Waals surface area contributed by atoms with E-state index in [1.165, 1.54) is 4.31 Å². The first-order valence-corrected chi connectivity index (χ1v) is 14.1. The highest BCUT2D eigenvalue weighted by Gasteiger charge is 2.32. The Kier molecular flexibility index (Phi) is 7.28. The number of amides is 2. The van der Waals surface area contributed by atoms with Crippen molar-refractivity contribution in [2.45, 2.75) is 17.7 Å². The average Bonchev–Trinajstić information content (AvgIpc) is 2.93. The van der Waals surface area contributed by atoms with Gasteiger partial charge in [0.2, 0.25) is 15.9 Å². The first-order valence-electron chi connectivity index (χ1n) is 12.7. The van der Waals surface area contributed by atoms with Gasteiger partial charge in [0.15, 0.2) is 0 Å². The van der Waals surface area contributed by atoms with Crippen molar-refractivity contribution >= 4 is 38.3 Å². The van der Waals surface area contributed by atoms with E-state index in [-0.39, 0.29) is 22.6 Å². The summed E-state index contributed by atoms with van der Waals surface area (Å²) in [5.74, 6) is -0.387. The lowest BCUT2D eigenvalue weighted by atomic mass is 9.97. The van der Waals surface area contributed by atoms with Crippen LogP contribution in [0.15, 0.2) is 71.6 Å². The van der Waals surface area contributed by atoms with Crippen molar-refractivity contribution in [2.24, 2.45) is 5.92 Å². The Morgan fingerprint density at radius 1 is 0.811 bits per heavy atom. The van der Waals surface area contributed by atoms with Crippen molar-refractivity contribution < 1.29 is 18.0 Å². The van der Waals surface area contributed by atoms with Crippen LogP contribution in [0.2, 0.25) is 0 Å². The number of sulfonamides is 1. The molecule has 37 heavy (non-hydrogen) atoms. The lowest BCUT2D eigenvalue weighted by Crippen LogP contribution is -2.47. The van der Waals surface area contributed by atoms with Gasteiger partial charge in [-0.15, -0.1) is 0 Å². The highest BCUT2D eigenvalue weighted by Crippen LogP contribution is 2.27. The zero-order chi connectivity index (χ0) is 26.0. The first kappa shape index (κ1) is 25.4. The number of anilines is 1. The van der Waals surface area contributed by atoms with E-state index in [0.717, 1.165) is 23.9 Å². The molecular formula is C28H32N4O4S. The lowest BCUT2D eigenvalue weighted by Gasteiger charge is -2.32. The van der Waals surface area contributed by atoms with Crippen molar-refractivity contribution in [3.8, 4) is 0 Å². The Morgan fingerprint density at radius 2 is 1.46 bits per heavy atom. The normalized spacial score (nSPS) is 18.1. The summed E-state index contributed by atoms with van der Waals surface area (Å²) in [6.45, 7) is 3.74. The fourth-order valence-electron chi connectivity index (χ4n) is 4.97. The summed E-state index contributed by atoms with van der Waals surface area (Å²) in [7, 11) is -1.58. The van der Waals surface area contributed by atoms with Crippen molar-refractivity contribution in [1.29, 1.82) is 0 Å². The molecule has 5 rings (SSSR count). The average molecular weight is 521 g/mol. The van der Waals surface area contributed by atoms with Gasteiger partial charge in [0.25, 0.3) is 5.91 Å². The first-order chi connectivity index (χ1) is 17.8. The van der Waals surface area contributed by atoms with Gasteiger partial charge in [0, 0.05) is 56.4 Å². The number of nitrogens with zero attached hydrogens (tertiary/aromatic N) is 3. The van der Waals surface area contributed by atoms with Gasteiger partial charge in [-0.1, -0.05) is 30.3 Å². The largest absolute Gasteiger partial charge is 0.336 e. The molecule has 0 spiro atoms. The molecule has 0 bridgehead atoms. The minimum Gasteiger partial charge on any atom is -0.336 e. The molecule has 0 saturated carbocycles. The van der Waals surface area contributed by atoms with Crippen LogP contribution < -0.4 is 5.32 Å². The van der Waals surface area contributed by atoms with Crippen LogP contribution in [0.5, 0.6) is 0 Å². The molecule has 8 nitrogen and oxygen atoms in total. The summed E-state index contributed by atoms with van der Waals surface area (Å²) >= 11 is 0. The number of fused-ring (bicyclic) bond motifs is 1. The van der Waals surface area contributed by atoms with Gasteiger partial charge < -0.3 is 15.1 Å². The number of nitrogens with one attached hydrogen (secondary N) is 1. The van der Waals surface area contributed by atoms with E-state index in [2.05, 4.69) is 10.2 Å². The molecule has 0 atom stereocenters. The van der Waals surface area contributed by atoms with Gasteiger partial charge >= 0.3 is 0 Å². The lowest BCUT2D eigenvalue weighted by molar-refractivity contribution is -0.120. The quantitative estimate of drug-likeness (QED) is 0.558. The molecule has 2 saturated heterocycles. The number of carbonyl (C=O) groups excluding carboxylic acids is 2. The molecule has 194 valence electrons. The molecular weight excluding hydrogens is 488 g/mol. The van der Waals surface area contributed by atoms with Gasteiger partial charge in [-0.2, -0.15) is 4.31 Å². The standard InChI is InChI=1S/C28H32N4O4S/c1-30-16-18-31(19-17-30)28(34)23-6-9-25(10-7-23)29-27(33)22-12-14-32(15-13-22)37(35,36)26-11-8-21-4-2-3-5-24(21)20-26/h2-11,20,22H,12-19H2,1H3,(H,29,33). The zero-order valence-corrected chi connectivity index (χ0v) is 21.8. The van der Waals surface area contributed by atoms with E-state index in [9.17, 15) is 18.0 Å². The second-order valence-electron chi connectivity index (χ2n) is 9.85. The molecule has 2 fully saturated rings. The van der Waals surface area contributed by atoms with Crippen molar-refractivity contribution in [1.82, 2.24) is 14.1 Å². The second-order valence-corrected chi connectivity index (χ2v) is 11.8. The van der Waals surface area contributed by atoms with Crippen LogP contribution in [0.4, 0.5) is 5.69 Å². The fourth-order valence-corrected chi connectivity index (χ4v) is 6.47. The van der Waals surface area contributed by atoms with E-state index in [4.69, 9.17) is 0 Å². The van der Waals surface area contributed by atoms with E-state index in [1.54, 1.807) is 36.4 Å². The molecule has 0 radical (unpaired) electrons. The number of piperazine rings is 1. The highest BCUT2D eigenvalue weighted by molar-refractivity contribution is 7.89. The molecule has 3 aromatic carbocycles. The second kappa shape index (κ2) is 10.6. The van der Waals surface area contributed by atoms with Gasteiger partial charge in [-0.05, 0) is 67.1 Å². The molecule has 2 amide bonds. The van der Waals surface area contributed by atoms with Crippen LogP contribution in [0, 0.1) is 5.92 Å². The third-order valence-corrected chi connectivity index (χ3v) is 9.27. The third kappa shape index (κ3) is 5.53. The third-order valence-electron chi connectivity index (χ3n) is 7.37. The van der Waals surface area contributed by atoms with Crippen LogP contribution in [-0.4, -0.2) is 80.7 Å². The molecule has 1 N–H and O–H groups in total. The minimum absolute atomic E-state index is 0.00553. The van der Waals surface area contributed by atoms with E-state index in [0.29, 0.717) is 50.3 Å². The summed E-state index contributed by atoms with van der Waals surface area (Å²) in [5.41, 5.74) is 1.24. The maximum absolute atomic E-state index is 13.2. The van der Waals surface area contributed by atoms with Crippen molar-refractivity contribution in [3.05, 3.63) is 72.3 Å². The van der Waals surface area contributed by atoms with Gasteiger partial charge in [0.05, 0.1) is 4.90 Å². The number of likely N-dealkylation sites (N-methyl/N-ethyl adjacent to an activating group) is 1. The molecule has 3 aromatic rings. The Hall–Kier alpha value is -3.27. The number of hydrogen-bond donors (Lipinski definition) is 1. The Balaban J connectivity index is 1.16. The van der Waals surface area contributed by atoms with Gasteiger partial charge in [0.1, 0.15) is 0 Å². The molecule has 2 heterocycles. The highest BCUT2D eigenvalue weighted by atomic mass is 32.2. The minimum atomic E-state index is -3.62. The molecule has 2 aliphatic heterocycles. The number of hydrogen-bond acceptors (Lipinski definition) is 5. The Labute approximate surface area is 217 Å². The fraction of sp³-hybridized carbons (Fsp3) is 0.357. The van der Waals surface area contributed by atoms with Crippen LogP contribution in [-0.2, 0) is 14.8 Å². The number of piperidine rings is 1. The van der Waals surface area contributed by atoms with Crippen LogP contribution in [0.1, 0.15) is 23.2 Å². The smallest absolute Gasteiger partial charge is 0.253 e. The maximum atomic E-state index is 13.2. The number of carbonyl (C=O) groups is 2. The summed E-state index contributed by atoms with van der Waals surface area (Å²) in [6.07, 6.45) is 0.914. The predicted molar refractivity (Wildman–Crippen MR) is 144 cm³/mol. The van der Waals surface area contributed by atoms with E-state index >= 15 is 0 Å². The Morgan fingerprint density at radius 3 is 2.14 bits per heavy atom. The number of benzene rings is 3. The van der Waals surface area contributed by atoms with Crippen molar-refractivity contribution in [3.63, 3.8) is 0 Å². The topological polar surface area (TPSA) is 90.0 Å². The van der Waals surface area contributed by atoms with Gasteiger partial charge in [-0.3, -0.25) is 9.59 Å². The van der Waals surface area contributed by atoms with Gasteiger partial charge in [-0.25, -0.2) is 8.42 Å². The zero-order valence-electron chi connectivity index (χ0n) is 21.0. The SMILES string of the molecule is CN1CCN(C(=O)c2ccc(NC(=O)C3CCN(S(=O)(=O)c4ccc5ccccc5c4)CC3)cc2)CC1. The van der Waals surface area contributed by atoms with Crippen LogP contribution in [0.3, 0.4) is 0 Å². The Bertz CT molecular complexity index is 1390. The van der Waals surface area contributed by atoms with Crippen LogP contribution in [0.25, 0.3) is 10.8 Å². The van der Waals surface area contributed by atoms with E-state index < -0.39 is 10.0 Å². The molecule has 0 unspecified atom stereocenters. The number of rotatable bonds is 5.